The number of hydrogen-bond donors (Lipinski definition) is 2. The van der Waals surface area contributed by atoms with Gasteiger partial charge in [0, 0.05) is 12.1 Å². The van der Waals surface area contributed by atoms with E-state index in [4.69, 9.17) is 4.74 Å². The third kappa shape index (κ3) is 5.45. The summed E-state index contributed by atoms with van der Waals surface area (Å²) >= 11 is 1.16. The van der Waals surface area contributed by atoms with Gasteiger partial charge in [-0.1, -0.05) is 48.2 Å². The molecule has 0 saturated carbocycles. The van der Waals surface area contributed by atoms with Crippen molar-refractivity contribution < 1.29 is 14.5 Å². The summed E-state index contributed by atoms with van der Waals surface area (Å²) in [4.78, 5) is 27.3. The van der Waals surface area contributed by atoms with E-state index in [1.807, 2.05) is 36.4 Å². The lowest BCUT2D eigenvalue weighted by atomic mass is 10.2. The Morgan fingerprint density at radius 1 is 1.27 bits per heavy atom. The van der Waals surface area contributed by atoms with Crippen LogP contribution in [0.25, 0.3) is 12.2 Å². The number of amides is 1. The first-order chi connectivity index (χ1) is 14.5. The Hall–Kier alpha value is -3.66. The van der Waals surface area contributed by atoms with Gasteiger partial charge in [-0.3, -0.25) is 20.0 Å². The van der Waals surface area contributed by atoms with Crippen LogP contribution in [0.15, 0.2) is 53.7 Å². The number of carbonyl (C=O) groups is 1. The summed E-state index contributed by atoms with van der Waals surface area (Å²) in [5.74, 6) is 0.539. The second kappa shape index (κ2) is 9.70. The topological polar surface area (TPSA) is 123 Å². The summed E-state index contributed by atoms with van der Waals surface area (Å²) in [7, 11) is 1.42. The quantitative estimate of drug-likeness (QED) is 0.317. The normalized spacial score (nSPS) is 11.9. The molecule has 0 saturated heterocycles. The highest BCUT2D eigenvalue weighted by Crippen LogP contribution is 2.30. The van der Waals surface area contributed by atoms with Crippen LogP contribution in [0.5, 0.6) is 5.75 Å². The second-order valence-electron chi connectivity index (χ2n) is 6.14. The van der Waals surface area contributed by atoms with E-state index >= 15 is 0 Å². The Balaban J connectivity index is 1.64. The van der Waals surface area contributed by atoms with Crippen LogP contribution in [-0.2, 0) is 4.79 Å². The van der Waals surface area contributed by atoms with E-state index in [1.165, 1.54) is 25.3 Å². The van der Waals surface area contributed by atoms with E-state index in [1.54, 1.807) is 13.0 Å². The fourth-order valence-electron chi connectivity index (χ4n) is 2.48. The first-order valence-electron chi connectivity index (χ1n) is 8.91. The molecule has 0 spiro atoms. The number of nitrogens with zero attached hydrogens (tertiary/aromatic N) is 3. The molecule has 0 aliphatic rings. The highest BCUT2D eigenvalue weighted by molar-refractivity contribution is 8.00. The van der Waals surface area contributed by atoms with Crippen LogP contribution >= 0.6 is 11.8 Å². The number of anilines is 1. The molecule has 0 aliphatic heterocycles. The molecule has 1 aromatic heterocycles. The third-order valence-corrected chi connectivity index (χ3v) is 4.98. The van der Waals surface area contributed by atoms with Crippen LogP contribution < -0.4 is 10.1 Å². The van der Waals surface area contributed by atoms with Gasteiger partial charge in [-0.05, 0) is 24.6 Å². The van der Waals surface area contributed by atoms with Crippen LogP contribution in [0.3, 0.4) is 0 Å². The van der Waals surface area contributed by atoms with E-state index in [-0.39, 0.29) is 17.3 Å². The zero-order chi connectivity index (χ0) is 21.5. The van der Waals surface area contributed by atoms with E-state index in [2.05, 4.69) is 20.5 Å². The zero-order valence-electron chi connectivity index (χ0n) is 16.2. The molecule has 1 amide bonds. The van der Waals surface area contributed by atoms with Crippen LogP contribution in [0.4, 0.5) is 11.4 Å². The van der Waals surface area contributed by atoms with Crippen molar-refractivity contribution in [2.45, 2.75) is 17.3 Å². The van der Waals surface area contributed by atoms with Gasteiger partial charge in [0.25, 0.3) is 5.69 Å². The summed E-state index contributed by atoms with van der Waals surface area (Å²) in [6.45, 7) is 1.69. The van der Waals surface area contributed by atoms with Gasteiger partial charge in [0.05, 0.1) is 23.0 Å². The smallest absolute Gasteiger partial charge is 0.271 e. The van der Waals surface area contributed by atoms with Gasteiger partial charge in [-0.25, -0.2) is 4.98 Å². The second-order valence-corrected chi connectivity index (χ2v) is 7.45. The molecule has 9 nitrogen and oxygen atoms in total. The summed E-state index contributed by atoms with van der Waals surface area (Å²) in [5, 5.41) is 20.4. The monoisotopic (exact) mass is 425 g/mol. The number of aromatic nitrogens is 3. The molecule has 0 aliphatic carbocycles. The van der Waals surface area contributed by atoms with Crippen LogP contribution in [0.1, 0.15) is 18.3 Å². The number of aromatic amines is 1. The maximum atomic E-state index is 12.5. The Kier molecular flexibility index (Phi) is 6.81. The van der Waals surface area contributed by atoms with E-state index < -0.39 is 10.2 Å². The minimum atomic E-state index is -0.546. The molecule has 3 rings (SSSR count). The van der Waals surface area contributed by atoms with Crippen LogP contribution in [0.2, 0.25) is 0 Å². The predicted molar refractivity (Wildman–Crippen MR) is 115 cm³/mol. The van der Waals surface area contributed by atoms with Gasteiger partial charge < -0.3 is 10.1 Å². The van der Waals surface area contributed by atoms with Gasteiger partial charge in [0.1, 0.15) is 11.6 Å². The number of methoxy groups -OCH3 is 1. The highest BCUT2D eigenvalue weighted by atomic mass is 32.2. The fourth-order valence-corrected chi connectivity index (χ4v) is 3.21. The molecule has 0 bridgehead atoms. The maximum Gasteiger partial charge on any atom is 0.271 e. The van der Waals surface area contributed by atoms with Gasteiger partial charge in [-0.2, -0.15) is 0 Å². The van der Waals surface area contributed by atoms with Gasteiger partial charge in [-0.15, -0.1) is 5.10 Å². The predicted octanol–water partition coefficient (Wildman–Crippen LogP) is 4.01. The lowest BCUT2D eigenvalue weighted by molar-refractivity contribution is -0.384. The molecular formula is C20H19N5O4S. The number of ether oxygens (including phenoxy) is 1. The van der Waals surface area contributed by atoms with Crippen LogP contribution in [0, 0.1) is 10.1 Å². The number of H-pyrrole nitrogens is 1. The molecule has 3 aromatic rings. The lowest BCUT2D eigenvalue weighted by Crippen LogP contribution is -2.23. The molecule has 0 fully saturated rings. The molecule has 1 atom stereocenters. The average molecular weight is 425 g/mol. The van der Waals surface area contributed by atoms with Crippen molar-refractivity contribution in [2.24, 2.45) is 0 Å². The van der Waals surface area contributed by atoms with E-state index in [0.29, 0.717) is 16.7 Å². The Morgan fingerprint density at radius 3 is 2.73 bits per heavy atom. The third-order valence-electron chi connectivity index (χ3n) is 4.02. The van der Waals surface area contributed by atoms with Crippen molar-refractivity contribution in [3.63, 3.8) is 0 Å². The highest BCUT2D eigenvalue weighted by Gasteiger charge is 2.20. The standard InChI is InChI=1S/C20H19N5O4S/c1-13(19(26)21-16-12-15(25(27)28)9-10-17(16)29-2)30-20-22-18(23-24-20)11-8-14-6-4-3-5-7-14/h3-13H,1-2H3,(H,21,26)(H,22,23,24)/b11-8+. The van der Waals surface area contributed by atoms with Gasteiger partial charge >= 0.3 is 0 Å². The number of rotatable bonds is 8. The minimum absolute atomic E-state index is 0.143. The Bertz CT molecular complexity index is 1070. The summed E-state index contributed by atoms with van der Waals surface area (Å²) in [6.07, 6.45) is 3.70. The number of nitro benzene ring substituents is 1. The first-order valence-corrected chi connectivity index (χ1v) is 9.79. The molecule has 30 heavy (non-hydrogen) atoms. The fraction of sp³-hybridized carbons (Fsp3) is 0.150. The minimum Gasteiger partial charge on any atom is -0.495 e. The molecule has 0 radical (unpaired) electrons. The summed E-state index contributed by atoms with van der Waals surface area (Å²) < 4.78 is 5.16. The van der Waals surface area contributed by atoms with Crippen molar-refractivity contribution >= 4 is 41.2 Å². The molecule has 2 N–H and O–H groups in total. The molecular weight excluding hydrogens is 406 g/mol. The van der Waals surface area contributed by atoms with Crippen molar-refractivity contribution in [2.75, 3.05) is 12.4 Å². The Labute approximate surface area is 176 Å². The van der Waals surface area contributed by atoms with Crippen molar-refractivity contribution in [3.8, 4) is 5.75 Å². The van der Waals surface area contributed by atoms with Gasteiger partial charge in [0.15, 0.2) is 0 Å². The first kappa shape index (κ1) is 21.1. The zero-order valence-corrected chi connectivity index (χ0v) is 17.1. The van der Waals surface area contributed by atoms with E-state index in [9.17, 15) is 14.9 Å². The number of benzene rings is 2. The number of nitro groups is 1. The van der Waals surface area contributed by atoms with E-state index in [0.717, 1.165) is 17.3 Å². The lowest BCUT2D eigenvalue weighted by Gasteiger charge is -2.13. The molecule has 1 unspecified atom stereocenters. The molecule has 154 valence electrons. The Morgan fingerprint density at radius 2 is 2.03 bits per heavy atom. The molecule has 10 heteroatoms. The number of thioether (sulfide) groups is 1. The van der Waals surface area contributed by atoms with Crippen molar-refractivity contribution in [3.05, 3.63) is 70.0 Å². The summed E-state index contributed by atoms with van der Waals surface area (Å²) in [5.41, 5.74) is 1.11. The molecule has 1 heterocycles. The van der Waals surface area contributed by atoms with Gasteiger partial charge in [0.2, 0.25) is 11.1 Å². The number of non-ortho nitro benzene ring substituents is 1. The number of nitrogens with one attached hydrogen (secondary N) is 2. The largest absolute Gasteiger partial charge is 0.495 e. The van der Waals surface area contributed by atoms with Crippen LogP contribution in [-0.4, -0.2) is 38.4 Å². The van der Waals surface area contributed by atoms with Crippen molar-refractivity contribution in [1.82, 2.24) is 15.2 Å². The number of hydrogen-bond acceptors (Lipinski definition) is 7. The SMILES string of the molecule is COc1ccc([N+](=O)[O-])cc1NC(=O)C(C)Sc1n[nH]c(/C=C/c2ccccc2)n1. The number of carbonyl (C=O) groups excluding carboxylic acids is 1. The van der Waals surface area contributed by atoms with Crippen molar-refractivity contribution in [1.29, 1.82) is 0 Å². The molecule has 2 aromatic carbocycles. The summed E-state index contributed by atoms with van der Waals surface area (Å²) in [6, 6.07) is 13.8. The maximum absolute atomic E-state index is 12.5. The average Bonchev–Trinajstić information content (AvgIpc) is 3.20.